The fraction of sp³-hybridized carbons (Fsp3) is 0.0500. The van der Waals surface area contributed by atoms with Crippen molar-refractivity contribution in [2.45, 2.75) is 6.04 Å². The normalized spacial score (nSPS) is 18.4. The molecular weight excluding hydrogens is 499 g/mol. The van der Waals surface area contributed by atoms with Crippen molar-refractivity contribution in [2.24, 2.45) is 0 Å². The van der Waals surface area contributed by atoms with E-state index in [0.29, 0.717) is 21.3 Å². The van der Waals surface area contributed by atoms with E-state index in [-0.39, 0.29) is 16.4 Å². The molecule has 9 heteroatoms. The predicted octanol–water partition coefficient (Wildman–Crippen LogP) is 5.84. The van der Waals surface area contributed by atoms with Gasteiger partial charge in [0.25, 0.3) is 5.78 Å². The molecule has 1 unspecified atom stereocenters. The molecule has 5 nitrogen and oxygen atoms in total. The molecule has 0 bridgehead atoms. The van der Waals surface area contributed by atoms with E-state index in [0.717, 1.165) is 4.47 Å². The molecule has 0 spiro atoms. The average molecular weight is 510 g/mol. The number of anilines is 1. The Labute approximate surface area is 188 Å². The van der Waals surface area contributed by atoms with Crippen LogP contribution in [0.1, 0.15) is 17.2 Å². The highest BCUT2D eigenvalue weighted by molar-refractivity contribution is 9.10. The van der Waals surface area contributed by atoms with Gasteiger partial charge in [-0.2, -0.15) is 0 Å². The predicted molar refractivity (Wildman–Crippen MR) is 118 cm³/mol. The number of aliphatic hydroxyl groups is 1. The Balaban J connectivity index is 1.95. The van der Waals surface area contributed by atoms with Gasteiger partial charge >= 0.3 is 5.91 Å². The summed E-state index contributed by atoms with van der Waals surface area (Å²) < 4.78 is 0.818. The van der Waals surface area contributed by atoms with Crippen molar-refractivity contribution in [3.63, 3.8) is 0 Å². The van der Waals surface area contributed by atoms with Crippen LogP contribution in [0.15, 0.2) is 64.1 Å². The van der Waals surface area contributed by atoms with Crippen LogP contribution in [0, 0.1) is 0 Å². The summed E-state index contributed by atoms with van der Waals surface area (Å²) in [7, 11) is 0. The molecule has 1 aromatic heterocycles. The number of hydrogen-bond donors (Lipinski definition) is 1. The Morgan fingerprint density at radius 3 is 2.45 bits per heavy atom. The lowest BCUT2D eigenvalue weighted by molar-refractivity contribution is -0.132. The van der Waals surface area contributed by atoms with Gasteiger partial charge in [-0.15, -0.1) is 11.3 Å². The number of hydrogen-bond acceptors (Lipinski definition) is 5. The minimum atomic E-state index is -0.889. The Hall–Kier alpha value is -2.19. The van der Waals surface area contributed by atoms with Gasteiger partial charge in [0.05, 0.1) is 21.7 Å². The first-order valence-electron chi connectivity index (χ1n) is 8.30. The summed E-state index contributed by atoms with van der Waals surface area (Å²) in [5.74, 6) is -1.84. The second-order valence-corrected chi connectivity index (χ2v) is 8.77. The van der Waals surface area contributed by atoms with Crippen molar-refractivity contribution in [1.82, 2.24) is 4.98 Å². The molecule has 1 aliphatic rings. The van der Waals surface area contributed by atoms with E-state index in [9.17, 15) is 14.7 Å². The molecule has 0 aliphatic carbocycles. The summed E-state index contributed by atoms with van der Waals surface area (Å²) in [6.45, 7) is 0. The van der Waals surface area contributed by atoms with Crippen molar-refractivity contribution in [1.29, 1.82) is 0 Å². The van der Waals surface area contributed by atoms with Crippen LogP contribution in [0.25, 0.3) is 5.76 Å². The van der Waals surface area contributed by atoms with Crippen LogP contribution in [0.4, 0.5) is 5.13 Å². The number of Topliss-reactive ketones (excluding diaryl/α,β-unsaturated/α-hetero) is 1. The molecule has 2 heterocycles. The third-order valence-corrected chi connectivity index (χ3v) is 6.49. The SMILES string of the molecule is O=C1C(=O)N(c2nccs2)C(c2ccc(Cl)c(Cl)c2)/C1=C(\O)c1ccc(Br)cc1. The van der Waals surface area contributed by atoms with Crippen LogP contribution in [-0.2, 0) is 9.59 Å². The zero-order valence-corrected chi connectivity index (χ0v) is 18.4. The molecule has 1 saturated heterocycles. The Kier molecular flexibility index (Phi) is 5.48. The minimum Gasteiger partial charge on any atom is -0.507 e. The van der Waals surface area contributed by atoms with E-state index < -0.39 is 17.7 Å². The second-order valence-electron chi connectivity index (χ2n) is 6.16. The van der Waals surface area contributed by atoms with Crippen molar-refractivity contribution >= 4 is 73.0 Å². The maximum Gasteiger partial charge on any atom is 0.301 e. The van der Waals surface area contributed by atoms with E-state index in [1.165, 1.54) is 16.2 Å². The number of ketones is 1. The molecule has 1 amide bonds. The molecule has 1 aliphatic heterocycles. The van der Waals surface area contributed by atoms with Gasteiger partial charge in [0.1, 0.15) is 5.76 Å². The van der Waals surface area contributed by atoms with Gasteiger partial charge in [0, 0.05) is 21.6 Å². The molecule has 1 N–H and O–H groups in total. The lowest BCUT2D eigenvalue weighted by Gasteiger charge is -2.23. The maximum atomic E-state index is 12.9. The number of aliphatic hydroxyl groups excluding tert-OH is 1. The summed E-state index contributed by atoms with van der Waals surface area (Å²) in [6, 6.07) is 10.7. The third kappa shape index (κ3) is 3.59. The Morgan fingerprint density at radius 1 is 1.10 bits per heavy atom. The molecule has 0 radical (unpaired) electrons. The molecular formula is C20H11BrCl2N2O3S. The van der Waals surface area contributed by atoms with E-state index in [4.69, 9.17) is 23.2 Å². The van der Waals surface area contributed by atoms with E-state index in [1.54, 1.807) is 54.0 Å². The summed E-state index contributed by atoms with van der Waals surface area (Å²) in [5, 5.41) is 13.6. The highest BCUT2D eigenvalue weighted by Crippen LogP contribution is 2.43. The lowest BCUT2D eigenvalue weighted by atomic mass is 9.95. The minimum absolute atomic E-state index is 0.0362. The molecule has 146 valence electrons. The van der Waals surface area contributed by atoms with Crippen molar-refractivity contribution in [3.8, 4) is 0 Å². The fourth-order valence-electron chi connectivity index (χ4n) is 3.13. The first kappa shape index (κ1) is 20.1. The fourth-order valence-corrected chi connectivity index (χ4v) is 4.36. The largest absolute Gasteiger partial charge is 0.507 e. The standard InChI is InChI=1S/C20H11BrCl2N2O3S/c21-12-4-1-10(2-5-12)17(26)15-16(11-3-6-13(22)14(23)9-11)25(19(28)18(15)27)20-24-7-8-29-20/h1-9,16,26H/b17-15+. The average Bonchev–Trinajstić information content (AvgIpc) is 3.31. The first-order valence-corrected chi connectivity index (χ1v) is 10.7. The smallest absolute Gasteiger partial charge is 0.301 e. The van der Waals surface area contributed by atoms with Gasteiger partial charge in [0.2, 0.25) is 0 Å². The number of nitrogens with zero attached hydrogens (tertiary/aromatic N) is 2. The number of halogens is 3. The summed E-state index contributed by atoms with van der Waals surface area (Å²) >= 11 is 16.8. The number of carbonyl (C=O) groups excluding carboxylic acids is 2. The number of benzene rings is 2. The van der Waals surface area contributed by atoms with E-state index in [1.807, 2.05) is 0 Å². The van der Waals surface area contributed by atoms with Crippen LogP contribution < -0.4 is 4.90 Å². The van der Waals surface area contributed by atoms with Crippen LogP contribution in [0.2, 0.25) is 10.0 Å². The van der Waals surface area contributed by atoms with Crippen LogP contribution in [-0.4, -0.2) is 21.8 Å². The van der Waals surface area contributed by atoms with E-state index in [2.05, 4.69) is 20.9 Å². The van der Waals surface area contributed by atoms with Crippen LogP contribution in [0.3, 0.4) is 0 Å². The van der Waals surface area contributed by atoms with Gasteiger partial charge in [-0.05, 0) is 29.8 Å². The highest BCUT2D eigenvalue weighted by atomic mass is 79.9. The van der Waals surface area contributed by atoms with Crippen molar-refractivity contribution in [3.05, 3.63) is 85.3 Å². The first-order chi connectivity index (χ1) is 13.9. The highest BCUT2D eigenvalue weighted by Gasteiger charge is 2.48. The second kappa shape index (κ2) is 7.91. The molecule has 1 fully saturated rings. The molecule has 1 atom stereocenters. The summed E-state index contributed by atoms with van der Waals surface area (Å²) in [6.07, 6.45) is 1.54. The molecule has 3 aromatic rings. The zero-order valence-electron chi connectivity index (χ0n) is 14.5. The van der Waals surface area contributed by atoms with Gasteiger partial charge in [-0.1, -0.05) is 57.3 Å². The summed E-state index contributed by atoms with van der Waals surface area (Å²) in [5.41, 5.74) is 0.911. The lowest BCUT2D eigenvalue weighted by Crippen LogP contribution is -2.29. The topological polar surface area (TPSA) is 70.5 Å². The number of thiazole rings is 1. The van der Waals surface area contributed by atoms with Crippen LogP contribution in [0.5, 0.6) is 0 Å². The number of amides is 1. The molecule has 2 aromatic carbocycles. The zero-order chi connectivity index (χ0) is 20.7. The quantitative estimate of drug-likeness (QED) is 0.273. The van der Waals surface area contributed by atoms with Gasteiger partial charge in [0.15, 0.2) is 5.13 Å². The number of aromatic nitrogens is 1. The number of carbonyl (C=O) groups is 2. The van der Waals surface area contributed by atoms with Crippen molar-refractivity contribution < 1.29 is 14.7 Å². The molecule has 0 saturated carbocycles. The summed E-state index contributed by atoms with van der Waals surface area (Å²) in [4.78, 5) is 31.3. The number of rotatable bonds is 3. The van der Waals surface area contributed by atoms with Gasteiger partial charge < -0.3 is 5.11 Å². The van der Waals surface area contributed by atoms with Crippen molar-refractivity contribution in [2.75, 3.05) is 4.90 Å². The Bertz CT molecular complexity index is 1150. The third-order valence-electron chi connectivity index (χ3n) is 4.45. The maximum absolute atomic E-state index is 12.9. The monoisotopic (exact) mass is 508 g/mol. The van der Waals surface area contributed by atoms with Crippen LogP contribution >= 0.6 is 50.5 Å². The van der Waals surface area contributed by atoms with E-state index >= 15 is 0 Å². The molecule has 4 rings (SSSR count). The van der Waals surface area contributed by atoms with Gasteiger partial charge in [-0.3, -0.25) is 14.5 Å². The Morgan fingerprint density at radius 2 is 1.83 bits per heavy atom. The molecule has 29 heavy (non-hydrogen) atoms. The van der Waals surface area contributed by atoms with Gasteiger partial charge in [-0.25, -0.2) is 4.98 Å².